The van der Waals surface area contributed by atoms with Crippen LogP contribution in [0.5, 0.6) is 11.6 Å². The van der Waals surface area contributed by atoms with E-state index in [1.807, 2.05) is 0 Å². The Labute approximate surface area is 117 Å². The molecule has 2 aromatic rings. The SMILES string of the molecule is COc1ncnc(Nc2ccccc2OC(F)(F)F)c1N. The highest BCUT2D eigenvalue weighted by Crippen LogP contribution is 2.34. The number of ether oxygens (including phenoxy) is 2. The third kappa shape index (κ3) is 3.65. The quantitative estimate of drug-likeness (QED) is 0.903. The predicted octanol–water partition coefficient (Wildman–Crippen LogP) is 2.71. The van der Waals surface area contributed by atoms with Gasteiger partial charge in [-0.2, -0.15) is 4.98 Å². The zero-order valence-corrected chi connectivity index (χ0v) is 10.8. The maximum Gasteiger partial charge on any atom is 0.573 e. The maximum absolute atomic E-state index is 12.3. The molecule has 0 unspecified atom stereocenters. The van der Waals surface area contributed by atoms with E-state index in [9.17, 15) is 13.2 Å². The monoisotopic (exact) mass is 300 g/mol. The van der Waals surface area contributed by atoms with Gasteiger partial charge < -0.3 is 20.5 Å². The fraction of sp³-hybridized carbons (Fsp3) is 0.167. The average Bonchev–Trinajstić information content (AvgIpc) is 2.41. The van der Waals surface area contributed by atoms with Crippen molar-refractivity contribution in [3.8, 4) is 11.6 Å². The van der Waals surface area contributed by atoms with Crippen LogP contribution in [0.25, 0.3) is 0 Å². The van der Waals surface area contributed by atoms with Crippen molar-refractivity contribution in [1.82, 2.24) is 9.97 Å². The van der Waals surface area contributed by atoms with E-state index >= 15 is 0 Å². The Morgan fingerprint density at radius 3 is 2.57 bits per heavy atom. The number of nitrogens with zero attached hydrogens (tertiary/aromatic N) is 2. The van der Waals surface area contributed by atoms with Crippen LogP contribution in [0, 0.1) is 0 Å². The number of halogens is 3. The fourth-order valence-electron chi connectivity index (χ4n) is 1.55. The lowest BCUT2D eigenvalue weighted by atomic mass is 10.3. The van der Waals surface area contributed by atoms with Crippen LogP contribution in [0.3, 0.4) is 0 Å². The summed E-state index contributed by atoms with van der Waals surface area (Å²) in [6.07, 6.45) is -3.63. The molecular weight excluding hydrogens is 289 g/mol. The van der Waals surface area contributed by atoms with Crippen molar-refractivity contribution in [1.29, 1.82) is 0 Å². The van der Waals surface area contributed by atoms with Crippen molar-refractivity contribution in [2.45, 2.75) is 6.36 Å². The lowest BCUT2D eigenvalue weighted by Crippen LogP contribution is -2.18. The number of methoxy groups -OCH3 is 1. The lowest BCUT2D eigenvalue weighted by Gasteiger charge is -2.15. The molecule has 0 bridgehead atoms. The topological polar surface area (TPSA) is 82.3 Å². The molecule has 0 atom stereocenters. The standard InChI is InChI=1S/C12H11F3N4O2/c1-20-11-9(16)10(17-6-18-11)19-7-4-2-3-5-8(7)21-12(13,14)15/h2-6H,16H2,1H3,(H,17,18,19). The molecule has 0 aliphatic rings. The fourth-order valence-corrected chi connectivity index (χ4v) is 1.55. The molecule has 6 nitrogen and oxygen atoms in total. The van der Waals surface area contributed by atoms with Crippen molar-refractivity contribution in [3.05, 3.63) is 30.6 Å². The van der Waals surface area contributed by atoms with Gasteiger partial charge in [-0.1, -0.05) is 12.1 Å². The van der Waals surface area contributed by atoms with Crippen molar-refractivity contribution in [2.75, 3.05) is 18.2 Å². The first-order valence-corrected chi connectivity index (χ1v) is 5.67. The Morgan fingerprint density at radius 2 is 1.90 bits per heavy atom. The Kier molecular flexibility index (Phi) is 4.01. The van der Waals surface area contributed by atoms with E-state index in [1.54, 1.807) is 6.07 Å². The zero-order valence-electron chi connectivity index (χ0n) is 10.8. The Balaban J connectivity index is 2.32. The molecule has 112 valence electrons. The number of nitrogens with two attached hydrogens (primary N) is 1. The summed E-state index contributed by atoms with van der Waals surface area (Å²) in [4.78, 5) is 7.63. The van der Waals surface area contributed by atoms with Gasteiger partial charge in [-0.3, -0.25) is 0 Å². The van der Waals surface area contributed by atoms with Gasteiger partial charge in [0.2, 0.25) is 5.88 Å². The first kappa shape index (κ1) is 14.7. The third-order valence-corrected chi connectivity index (χ3v) is 2.41. The van der Waals surface area contributed by atoms with Gasteiger partial charge in [0.05, 0.1) is 12.8 Å². The van der Waals surface area contributed by atoms with Crippen molar-refractivity contribution >= 4 is 17.2 Å². The number of aromatic nitrogens is 2. The van der Waals surface area contributed by atoms with Gasteiger partial charge in [-0.05, 0) is 12.1 Å². The second kappa shape index (κ2) is 5.73. The third-order valence-electron chi connectivity index (χ3n) is 2.41. The summed E-state index contributed by atoms with van der Waals surface area (Å²) < 4.78 is 45.8. The summed E-state index contributed by atoms with van der Waals surface area (Å²) in [5, 5.41) is 2.66. The van der Waals surface area contributed by atoms with Crippen molar-refractivity contribution < 1.29 is 22.6 Å². The van der Waals surface area contributed by atoms with Gasteiger partial charge in [0.15, 0.2) is 11.6 Å². The van der Waals surface area contributed by atoms with E-state index in [0.29, 0.717) is 0 Å². The molecule has 1 heterocycles. The lowest BCUT2D eigenvalue weighted by molar-refractivity contribution is -0.274. The maximum atomic E-state index is 12.3. The highest BCUT2D eigenvalue weighted by molar-refractivity contribution is 5.74. The molecule has 21 heavy (non-hydrogen) atoms. The minimum Gasteiger partial charge on any atom is -0.479 e. The second-order valence-electron chi connectivity index (χ2n) is 3.81. The van der Waals surface area contributed by atoms with E-state index in [0.717, 1.165) is 0 Å². The Bertz CT molecular complexity index is 634. The number of benzene rings is 1. The van der Waals surface area contributed by atoms with Crippen LogP contribution in [-0.2, 0) is 0 Å². The Hall–Kier alpha value is -2.71. The number of hydrogen-bond donors (Lipinski definition) is 2. The van der Waals surface area contributed by atoms with E-state index < -0.39 is 12.1 Å². The largest absolute Gasteiger partial charge is 0.573 e. The molecule has 3 N–H and O–H groups in total. The van der Waals surface area contributed by atoms with Crippen LogP contribution >= 0.6 is 0 Å². The summed E-state index contributed by atoms with van der Waals surface area (Å²) in [6.45, 7) is 0. The number of nitrogen functional groups attached to an aromatic ring is 1. The second-order valence-corrected chi connectivity index (χ2v) is 3.81. The normalized spacial score (nSPS) is 11.0. The molecule has 1 aromatic heterocycles. The van der Waals surface area contributed by atoms with E-state index in [1.165, 1.54) is 31.6 Å². The first-order valence-electron chi connectivity index (χ1n) is 5.67. The molecule has 9 heteroatoms. The van der Waals surface area contributed by atoms with Crippen molar-refractivity contribution in [3.63, 3.8) is 0 Å². The van der Waals surface area contributed by atoms with Gasteiger partial charge in [0, 0.05) is 0 Å². The molecule has 0 saturated heterocycles. The molecule has 0 amide bonds. The van der Waals surface area contributed by atoms with Gasteiger partial charge >= 0.3 is 6.36 Å². The summed E-state index contributed by atoms with van der Waals surface area (Å²) >= 11 is 0. The molecule has 1 aromatic carbocycles. The van der Waals surface area contributed by atoms with Crippen LogP contribution in [0.15, 0.2) is 30.6 Å². The average molecular weight is 300 g/mol. The van der Waals surface area contributed by atoms with Gasteiger partial charge in [0.1, 0.15) is 12.0 Å². The number of rotatable bonds is 4. The first-order chi connectivity index (χ1) is 9.90. The number of nitrogens with one attached hydrogen (secondary N) is 1. The van der Waals surface area contributed by atoms with Crippen LogP contribution in [0.2, 0.25) is 0 Å². The smallest absolute Gasteiger partial charge is 0.479 e. The summed E-state index contributed by atoms with van der Waals surface area (Å²) in [5.74, 6) is -0.177. The highest BCUT2D eigenvalue weighted by atomic mass is 19.4. The number of anilines is 3. The number of para-hydroxylation sites is 2. The molecular formula is C12H11F3N4O2. The molecule has 0 fully saturated rings. The molecule has 0 radical (unpaired) electrons. The van der Waals surface area contributed by atoms with Gasteiger partial charge in [0.25, 0.3) is 0 Å². The predicted molar refractivity (Wildman–Crippen MR) is 69.4 cm³/mol. The highest BCUT2D eigenvalue weighted by Gasteiger charge is 2.32. The van der Waals surface area contributed by atoms with E-state index in [4.69, 9.17) is 10.5 Å². The molecule has 0 saturated carbocycles. The van der Waals surface area contributed by atoms with E-state index in [-0.39, 0.29) is 23.1 Å². The van der Waals surface area contributed by atoms with Gasteiger partial charge in [-0.25, -0.2) is 4.98 Å². The minimum atomic E-state index is -4.80. The van der Waals surface area contributed by atoms with Crippen LogP contribution in [0.1, 0.15) is 0 Å². The molecule has 0 aliphatic heterocycles. The number of alkyl halides is 3. The molecule has 0 spiro atoms. The van der Waals surface area contributed by atoms with Gasteiger partial charge in [-0.15, -0.1) is 13.2 Å². The minimum absolute atomic E-state index is 0.0577. The van der Waals surface area contributed by atoms with E-state index in [2.05, 4.69) is 20.0 Å². The summed E-state index contributed by atoms with van der Waals surface area (Å²) in [5.41, 5.74) is 5.87. The molecule has 0 aliphatic carbocycles. The van der Waals surface area contributed by atoms with Crippen LogP contribution in [0.4, 0.5) is 30.4 Å². The molecule has 2 rings (SSSR count). The van der Waals surface area contributed by atoms with Crippen LogP contribution < -0.4 is 20.5 Å². The van der Waals surface area contributed by atoms with Crippen molar-refractivity contribution in [2.24, 2.45) is 0 Å². The summed E-state index contributed by atoms with van der Waals surface area (Å²) in [7, 11) is 1.36. The van der Waals surface area contributed by atoms with Crippen LogP contribution in [-0.4, -0.2) is 23.4 Å². The Morgan fingerprint density at radius 1 is 1.19 bits per heavy atom. The number of hydrogen-bond acceptors (Lipinski definition) is 6. The zero-order chi connectivity index (χ0) is 15.5. The summed E-state index contributed by atoms with van der Waals surface area (Å²) in [6, 6.07) is 5.52.